The van der Waals surface area contributed by atoms with Gasteiger partial charge in [0.05, 0.1) is 0 Å². The summed E-state index contributed by atoms with van der Waals surface area (Å²) >= 11 is -0.159. The molecule has 0 aromatic rings. The van der Waals surface area contributed by atoms with Crippen LogP contribution in [0.3, 0.4) is 0 Å². The average molecular weight is 299 g/mol. The zero-order valence-corrected chi connectivity index (χ0v) is 15.3. The Kier molecular flexibility index (Phi) is 4.14. The first-order valence-corrected chi connectivity index (χ1v) is 8.54. The molecule has 1 saturated heterocycles. The molecule has 1 rings (SSSR count). The fourth-order valence-corrected chi connectivity index (χ4v) is 5.81. The minimum atomic E-state index is -0.159. The molecule has 0 bridgehead atoms. The predicted molar refractivity (Wildman–Crippen MR) is 77.0 cm³/mol. The molecular formula is C14H30GeN2. The third kappa shape index (κ3) is 3.71. The van der Waals surface area contributed by atoms with Crippen LogP contribution in [-0.4, -0.2) is 47.3 Å². The minimum absolute atomic E-state index is 0.159. The first-order valence-electron chi connectivity index (χ1n) is 6.67. The molecule has 1 aliphatic heterocycles. The Morgan fingerprint density at radius 3 is 1.53 bits per heavy atom. The van der Waals surface area contributed by atoms with Crippen molar-refractivity contribution in [1.82, 2.24) is 7.71 Å². The van der Waals surface area contributed by atoms with Crippen LogP contribution in [0.1, 0.15) is 62.3 Å². The van der Waals surface area contributed by atoms with E-state index < -0.39 is 0 Å². The van der Waals surface area contributed by atoms with Crippen molar-refractivity contribution in [3.05, 3.63) is 0 Å². The molecule has 1 aliphatic rings. The third-order valence-electron chi connectivity index (χ3n) is 3.43. The maximum absolute atomic E-state index is 2.79. The zero-order valence-electron chi connectivity index (χ0n) is 13.2. The van der Waals surface area contributed by atoms with Crippen LogP contribution in [0.5, 0.6) is 0 Å². The molecule has 17 heavy (non-hydrogen) atoms. The molecule has 100 valence electrons. The topological polar surface area (TPSA) is 6.48 Å². The van der Waals surface area contributed by atoms with Gasteiger partial charge < -0.3 is 0 Å². The molecule has 0 amide bonds. The van der Waals surface area contributed by atoms with Crippen molar-refractivity contribution in [1.29, 1.82) is 0 Å². The quantitative estimate of drug-likeness (QED) is 0.634. The van der Waals surface area contributed by atoms with Crippen molar-refractivity contribution in [3.63, 3.8) is 0 Å². The first kappa shape index (κ1) is 15.5. The van der Waals surface area contributed by atoms with Gasteiger partial charge in [-0.3, -0.25) is 0 Å². The van der Waals surface area contributed by atoms with Gasteiger partial charge in [-0.05, 0) is 0 Å². The van der Waals surface area contributed by atoms with E-state index in [1.165, 1.54) is 6.54 Å². The Labute approximate surface area is 115 Å². The Morgan fingerprint density at radius 1 is 0.824 bits per heavy atom. The van der Waals surface area contributed by atoms with E-state index in [1.54, 1.807) is 0 Å². The third-order valence-corrected chi connectivity index (χ3v) is 8.24. The van der Waals surface area contributed by atoms with Crippen molar-refractivity contribution >= 4 is 15.9 Å². The Balaban J connectivity index is 2.96. The van der Waals surface area contributed by atoms with E-state index in [0.717, 1.165) is 0 Å². The number of hydrogen-bond donors (Lipinski definition) is 0. The summed E-state index contributed by atoms with van der Waals surface area (Å²) in [6.07, 6.45) is 0. The van der Waals surface area contributed by atoms with Gasteiger partial charge in [0.1, 0.15) is 0 Å². The van der Waals surface area contributed by atoms with Crippen LogP contribution in [0.25, 0.3) is 0 Å². The van der Waals surface area contributed by atoms with Crippen molar-refractivity contribution < 1.29 is 0 Å². The molecule has 0 N–H and O–H groups in total. The van der Waals surface area contributed by atoms with Crippen LogP contribution in [-0.2, 0) is 0 Å². The molecule has 0 aliphatic carbocycles. The first-order chi connectivity index (χ1) is 7.33. The van der Waals surface area contributed by atoms with Gasteiger partial charge in [0.25, 0.3) is 0 Å². The predicted octanol–water partition coefficient (Wildman–Crippen LogP) is 3.15. The summed E-state index contributed by atoms with van der Waals surface area (Å²) in [5.74, 6) is 0. The van der Waals surface area contributed by atoms with Crippen molar-refractivity contribution in [2.75, 3.05) is 6.54 Å². The summed E-state index contributed by atoms with van der Waals surface area (Å²) in [4.78, 5) is 0. The van der Waals surface area contributed by atoms with Gasteiger partial charge in [-0.15, -0.1) is 0 Å². The zero-order chi connectivity index (χ0) is 13.6. The summed E-state index contributed by atoms with van der Waals surface area (Å²) in [7, 11) is 0. The van der Waals surface area contributed by atoms with Crippen LogP contribution in [0.4, 0.5) is 0 Å². The Bertz CT molecular complexity index is 245. The standard InChI is InChI=1S/C14H30GeN2/c1-12(2,3)11-10-16(13(4,5)6)15-17(11)14(7,8)9/h11H,10H2,1-9H3. The van der Waals surface area contributed by atoms with E-state index in [0.29, 0.717) is 22.5 Å². The van der Waals surface area contributed by atoms with Crippen LogP contribution >= 0.6 is 0 Å². The van der Waals surface area contributed by atoms with E-state index in [-0.39, 0.29) is 15.9 Å². The average Bonchev–Trinajstić information content (AvgIpc) is 2.42. The molecule has 1 unspecified atom stereocenters. The van der Waals surface area contributed by atoms with Gasteiger partial charge in [-0.2, -0.15) is 0 Å². The van der Waals surface area contributed by atoms with E-state index in [1.807, 2.05) is 0 Å². The van der Waals surface area contributed by atoms with Crippen LogP contribution < -0.4 is 0 Å². The molecular weight excluding hydrogens is 269 g/mol. The van der Waals surface area contributed by atoms with Crippen molar-refractivity contribution in [3.8, 4) is 0 Å². The van der Waals surface area contributed by atoms with E-state index in [2.05, 4.69) is 70.0 Å². The molecule has 1 fully saturated rings. The van der Waals surface area contributed by atoms with Gasteiger partial charge >= 0.3 is 115 Å². The number of nitrogens with zero attached hydrogens (tertiary/aromatic N) is 2. The number of hydrogen-bond acceptors (Lipinski definition) is 2. The van der Waals surface area contributed by atoms with Crippen LogP contribution in [0.15, 0.2) is 0 Å². The molecule has 2 nitrogen and oxygen atoms in total. The molecule has 2 radical (unpaired) electrons. The second kappa shape index (κ2) is 4.53. The monoisotopic (exact) mass is 300 g/mol. The SMILES string of the molecule is CC(C)(C)C1C[N](C(C)(C)C)[Ge][N]1C(C)(C)C. The fraction of sp³-hybridized carbons (Fsp3) is 1.00. The van der Waals surface area contributed by atoms with Gasteiger partial charge in [0.15, 0.2) is 0 Å². The second-order valence-electron chi connectivity index (χ2n) is 8.30. The van der Waals surface area contributed by atoms with Crippen LogP contribution in [0.2, 0.25) is 0 Å². The summed E-state index contributed by atoms with van der Waals surface area (Å²) in [6.45, 7) is 22.5. The Morgan fingerprint density at radius 2 is 1.29 bits per heavy atom. The normalized spacial score (nSPS) is 25.6. The molecule has 0 saturated carbocycles. The molecule has 1 heterocycles. The van der Waals surface area contributed by atoms with Crippen molar-refractivity contribution in [2.24, 2.45) is 5.41 Å². The molecule has 3 heteroatoms. The van der Waals surface area contributed by atoms with Gasteiger partial charge in [-0.25, -0.2) is 0 Å². The Hall–Kier alpha value is 0.463. The van der Waals surface area contributed by atoms with E-state index in [9.17, 15) is 0 Å². The van der Waals surface area contributed by atoms with Crippen LogP contribution in [0, 0.1) is 5.41 Å². The molecule has 0 spiro atoms. The van der Waals surface area contributed by atoms with E-state index >= 15 is 0 Å². The van der Waals surface area contributed by atoms with Gasteiger partial charge in [-0.1, -0.05) is 0 Å². The van der Waals surface area contributed by atoms with Crippen molar-refractivity contribution in [2.45, 2.75) is 79.4 Å². The fourth-order valence-electron chi connectivity index (χ4n) is 2.20. The number of rotatable bonds is 0. The summed E-state index contributed by atoms with van der Waals surface area (Å²) in [5, 5.41) is 0. The van der Waals surface area contributed by atoms with Gasteiger partial charge in [0.2, 0.25) is 0 Å². The molecule has 0 aromatic carbocycles. The van der Waals surface area contributed by atoms with E-state index in [4.69, 9.17) is 0 Å². The summed E-state index contributed by atoms with van der Waals surface area (Å²) in [5.41, 5.74) is 0.998. The summed E-state index contributed by atoms with van der Waals surface area (Å²) in [6, 6.07) is 0.696. The summed E-state index contributed by atoms with van der Waals surface area (Å²) < 4.78 is 5.52. The second-order valence-corrected chi connectivity index (χ2v) is 10.9. The maximum atomic E-state index is 2.79. The van der Waals surface area contributed by atoms with Gasteiger partial charge in [0, 0.05) is 0 Å². The molecule has 0 aromatic heterocycles. The molecule has 1 atom stereocenters.